The molecule has 1 aliphatic rings. The highest BCUT2D eigenvalue weighted by molar-refractivity contribution is 6.03. The zero-order valence-corrected chi connectivity index (χ0v) is 18.6. The molecule has 1 aliphatic heterocycles. The van der Waals surface area contributed by atoms with E-state index in [2.05, 4.69) is 11.0 Å². The predicted molar refractivity (Wildman–Crippen MR) is 123 cm³/mol. The molecule has 4 rings (SSSR count). The van der Waals surface area contributed by atoms with Crippen molar-refractivity contribution in [1.29, 1.82) is 0 Å². The Morgan fingerprint density at radius 3 is 2.09 bits per heavy atom. The fourth-order valence-corrected chi connectivity index (χ4v) is 4.76. The second kappa shape index (κ2) is 8.87. The fourth-order valence-electron chi connectivity index (χ4n) is 4.76. The number of benzene rings is 3. The lowest BCUT2D eigenvalue weighted by Crippen LogP contribution is -2.56. The van der Waals surface area contributed by atoms with Gasteiger partial charge in [0.1, 0.15) is 0 Å². The van der Waals surface area contributed by atoms with Crippen molar-refractivity contribution in [2.45, 2.75) is 25.9 Å². The van der Waals surface area contributed by atoms with E-state index in [4.69, 9.17) is 9.47 Å². The molecule has 0 aliphatic carbocycles. The normalized spacial score (nSPS) is 16.7. The predicted octanol–water partition coefficient (Wildman–Crippen LogP) is 4.63. The molecule has 5 heteroatoms. The Morgan fingerprint density at radius 1 is 0.906 bits per heavy atom. The van der Waals surface area contributed by atoms with Gasteiger partial charge in [0.15, 0.2) is 5.41 Å². The van der Waals surface area contributed by atoms with Gasteiger partial charge in [0.05, 0.1) is 20.3 Å². The van der Waals surface area contributed by atoms with Gasteiger partial charge in [0.2, 0.25) is 0 Å². The van der Waals surface area contributed by atoms with Crippen molar-refractivity contribution < 1.29 is 19.1 Å². The molecule has 0 saturated heterocycles. The Kier molecular flexibility index (Phi) is 5.99. The molecule has 5 nitrogen and oxygen atoms in total. The van der Waals surface area contributed by atoms with Crippen molar-refractivity contribution in [2.24, 2.45) is 5.41 Å². The first-order chi connectivity index (χ1) is 15.5. The number of fused-ring (bicyclic) bond motifs is 1. The monoisotopic (exact) mass is 429 g/mol. The van der Waals surface area contributed by atoms with Gasteiger partial charge in [-0.3, -0.25) is 9.59 Å². The number of nitrogens with zero attached hydrogens (tertiary/aromatic N) is 1. The first kappa shape index (κ1) is 21.6. The van der Waals surface area contributed by atoms with Gasteiger partial charge < -0.3 is 14.4 Å². The summed E-state index contributed by atoms with van der Waals surface area (Å²) in [6.45, 7) is 2.56. The summed E-state index contributed by atoms with van der Waals surface area (Å²) in [6.07, 6.45) is 0.201. The van der Waals surface area contributed by atoms with Gasteiger partial charge in [-0.1, -0.05) is 72.8 Å². The molecule has 0 bridgehead atoms. The second-order valence-corrected chi connectivity index (χ2v) is 8.19. The number of esters is 2. The van der Waals surface area contributed by atoms with Crippen LogP contribution in [0.3, 0.4) is 0 Å². The maximum Gasteiger partial charge on any atom is 0.326 e. The van der Waals surface area contributed by atoms with Gasteiger partial charge in [0.25, 0.3) is 0 Å². The fraction of sp³-hybridized carbons (Fsp3) is 0.259. The molecular weight excluding hydrogens is 402 g/mol. The van der Waals surface area contributed by atoms with Crippen LogP contribution < -0.4 is 4.90 Å². The van der Waals surface area contributed by atoms with Crippen molar-refractivity contribution in [3.8, 4) is 0 Å². The Hall–Kier alpha value is -3.60. The van der Waals surface area contributed by atoms with Crippen molar-refractivity contribution in [3.05, 3.63) is 101 Å². The third-order valence-corrected chi connectivity index (χ3v) is 6.21. The topological polar surface area (TPSA) is 55.8 Å². The molecule has 0 unspecified atom stereocenters. The number of hydrogen-bond acceptors (Lipinski definition) is 5. The highest BCUT2D eigenvalue weighted by Gasteiger charge is 2.59. The summed E-state index contributed by atoms with van der Waals surface area (Å²) in [6, 6.07) is 25.2. The first-order valence-electron chi connectivity index (χ1n) is 10.6. The van der Waals surface area contributed by atoms with Crippen LogP contribution in [0.1, 0.15) is 28.3 Å². The lowest BCUT2D eigenvalue weighted by molar-refractivity contribution is -0.171. The summed E-state index contributed by atoms with van der Waals surface area (Å²) in [4.78, 5) is 28.9. The van der Waals surface area contributed by atoms with E-state index in [-0.39, 0.29) is 6.42 Å². The third kappa shape index (κ3) is 3.64. The molecule has 0 spiro atoms. The molecule has 0 saturated carbocycles. The van der Waals surface area contributed by atoms with E-state index in [9.17, 15) is 9.59 Å². The summed E-state index contributed by atoms with van der Waals surface area (Å²) >= 11 is 0. The summed E-state index contributed by atoms with van der Waals surface area (Å²) in [7, 11) is 2.64. The minimum absolute atomic E-state index is 0.201. The minimum atomic E-state index is -1.54. The molecule has 164 valence electrons. The Balaban J connectivity index is 2.01. The molecule has 1 atom stereocenters. The van der Waals surface area contributed by atoms with Crippen LogP contribution in [0.25, 0.3) is 0 Å². The third-order valence-electron chi connectivity index (χ3n) is 6.21. The van der Waals surface area contributed by atoms with E-state index < -0.39 is 23.4 Å². The van der Waals surface area contributed by atoms with Crippen LogP contribution in [0.15, 0.2) is 78.9 Å². The smallest absolute Gasteiger partial charge is 0.326 e. The molecule has 0 N–H and O–H groups in total. The molecule has 3 aromatic carbocycles. The number of hydrogen-bond donors (Lipinski definition) is 0. The standard InChI is InChI=1S/C27H27NO4/c1-19-14-15-22-17-27(25(29)31-2,26(30)32-3)24(21-12-8-5-9-13-21)28(23(22)16-19)18-20-10-6-4-7-11-20/h4-16,24H,17-18H2,1-3H3/t24-/m1/s1. The van der Waals surface area contributed by atoms with Gasteiger partial charge in [0, 0.05) is 18.7 Å². The van der Waals surface area contributed by atoms with E-state index in [0.717, 1.165) is 27.9 Å². The van der Waals surface area contributed by atoms with Crippen molar-refractivity contribution in [2.75, 3.05) is 19.1 Å². The molecule has 0 radical (unpaired) electrons. The molecule has 3 aromatic rings. The average molecular weight is 430 g/mol. The van der Waals surface area contributed by atoms with Gasteiger partial charge in [-0.25, -0.2) is 0 Å². The molecular formula is C27H27NO4. The van der Waals surface area contributed by atoms with Crippen LogP contribution in [-0.2, 0) is 32.0 Å². The van der Waals surface area contributed by atoms with Crippen LogP contribution in [0, 0.1) is 12.3 Å². The molecule has 1 heterocycles. The summed E-state index contributed by atoms with van der Waals surface area (Å²) in [5.41, 5.74) is 3.41. The van der Waals surface area contributed by atoms with Crippen molar-refractivity contribution >= 4 is 17.6 Å². The maximum absolute atomic E-state index is 13.4. The van der Waals surface area contributed by atoms with E-state index >= 15 is 0 Å². The molecule has 0 fully saturated rings. The molecule has 0 amide bonds. The quantitative estimate of drug-likeness (QED) is 0.437. The van der Waals surface area contributed by atoms with Gasteiger partial charge in [-0.2, -0.15) is 0 Å². The number of ether oxygens (including phenoxy) is 2. The van der Waals surface area contributed by atoms with Gasteiger partial charge in [-0.15, -0.1) is 0 Å². The van der Waals surface area contributed by atoms with E-state index in [1.54, 1.807) is 0 Å². The van der Waals surface area contributed by atoms with Gasteiger partial charge in [-0.05, 0) is 35.2 Å². The van der Waals surface area contributed by atoms with E-state index in [1.807, 2.05) is 79.7 Å². The van der Waals surface area contributed by atoms with Crippen LogP contribution in [-0.4, -0.2) is 26.2 Å². The summed E-state index contributed by atoms with van der Waals surface area (Å²) in [5.74, 6) is -1.19. The number of methoxy groups -OCH3 is 2. The van der Waals surface area contributed by atoms with Crippen LogP contribution in [0.2, 0.25) is 0 Å². The Labute approximate surface area is 188 Å². The first-order valence-corrected chi connectivity index (χ1v) is 10.6. The summed E-state index contributed by atoms with van der Waals surface area (Å²) in [5, 5.41) is 0. The highest BCUT2D eigenvalue weighted by Crippen LogP contribution is 2.51. The Bertz CT molecular complexity index is 1100. The van der Waals surface area contributed by atoms with E-state index in [1.165, 1.54) is 14.2 Å². The lowest BCUT2D eigenvalue weighted by Gasteiger charge is -2.48. The second-order valence-electron chi connectivity index (χ2n) is 8.19. The number of anilines is 1. The van der Waals surface area contributed by atoms with Crippen LogP contribution in [0.4, 0.5) is 5.69 Å². The zero-order valence-electron chi connectivity index (χ0n) is 18.6. The molecule has 32 heavy (non-hydrogen) atoms. The van der Waals surface area contributed by atoms with Crippen LogP contribution in [0.5, 0.6) is 0 Å². The largest absolute Gasteiger partial charge is 0.468 e. The van der Waals surface area contributed by atoms with Crippen molar-refractivity contribution in [1.82, 2.24) is 0 Å². The number of carbonyl (C=O) groups is 2. The van der Waals surface area contributed by atoms with Crippen LogP contribution >= 0.6 is 0 Å². The minimum Gasteiger partial charge on any atom is -0.468 e. The van der Waals surface area contributed by atoms with Gasteiger partial charge >= 0.3 is 11.9 Å². The number of rotatable bonds is 5. The lowest BCUT2D eigenvalue weighted by atomic mass is 9.68. The SMILES string of the molecule is COC(=O)C1(C(=O)OC)Cc2ccc(C)cc2N(Cc2ccccc2)[C@@H]1c1ccccc1. The summed E-state index contributed by atoms with van der Waals surface area (Å²) < 4.78 is 10.5. The number of aryl methyl sites for hydroxylation is 1. The Morgan fingerprint density at radius 2 is 1.50 bits per heavy atom. The average Bonchev–Trinajstić information content (AvgIpc) is 2.84. The number of carbonyl (C=O) groups excluding carboxylic acids is 2. The van der Waals surface area contributed by atoms with Crippen molar-refractivity contribution in [3.63, 3.8) is 0 Å². The zero-order chi connectivity index (χ0) is 22.7. The van der Waals surface area contributed by atoms with E-state index in [0.29, 0.717) is 6.54 Å². The highest BCUT2D eigenvalue weighted by atomic mass is 16.5. The molecule has 0 aromatic heterocycles. The maximum atomic E-state index is 13.4.